The first-order valence-electron chi connectivity index (χ1n) is 28.3. The summed E-state index contributed by atoms with van der Waals surface area (Å²) < 4.78 is 9.14. The molecule has 0 spiro atoms. The van der Waals surface area contributed by atoms with Crippen LogP contribution in [0, 0.1) is 81.3 Å². The monoisotopic (exact) mass is 1510 g/mol. The van der Waals surface area contributed by atoms with Crippen LogP contribution < -0.4 is 68.4 Å². The third kappa shape index (κ3) is 39.4. The molecular weight excluding hydrogens is 1420 g/mol. The Labute approximate surface area is 587 Å². The van der Waals surface area contributed by atoms with Crippen LogP contribution in [0.25, 0.3) is 12.2 Å². The summed E-state index contributed by atoms with van der Waals surface area (Å²) in [5, 5.41) is 51.7. The number of aromatic carboxylic acids is 1. The molecule has 9 N–H and O–H groups in total. The molecule has 5 aromatic heterocycles. The first kappa shape index (κ1) is 104. The molecule has 4 atom stereocenters. The lowest BCUT2D eigenvalue weighted by atomic mass is 10.1. The van der Waals surface area contributed by atoms with Crippen molar-refractivity contribution >= 4 is 91.8 Å². The molecule has 0 bridgehead atoms. The van der Waals surface area contributed by atoms with E-state index in [0.29, 0.717) is 50.2 Å². The maximum absolute atomic E-state index is 11.8. The second-order valence-electron chi connectivity index (χ2n) is 16.6. The molecule has 5 rings (SSSR count). The summed E-state index contributed by atoms with van der Waals surface area (Å²) in [6, 6.07) is 6.99. The molecule has 44 heteroatoms. The van der Waals surface area contributed by atoms with Gasteiger partial charge in [-0.2, -0.15) is 46.0 Å². The van der Waals surface area contributed by atoms with Crippen molar-refractivity contribution in [1.29, 1.82) is 21.0 Å². The molecule has 0 saturated carbocycles. The summed E-state index contributed by atoms with van der Waals surface area (Å²) in [4.78, 5) is 186. The van der Waals surface area contributed by atoms with Crippen molar-refractivity contribution in [2.75, 3.05) is 20.0 Å². The lowest BCUT2D eigenvalue weighted by Crippen LogP contribution is -2.40. The minimum Gasteiger partial charge on any atom is -0.475 e. The normalized spacial score (nSPS) is 9.51. The Bertz CT molecular complexity index is 4270. The molecule has 5 aromatic rings. The number of rotatable bonds is 17. The summed E-state index contributed by atoms with van der Waals surface area (Å²) in [6.07, 6.45) is 16.7. The van der Waals surface area contributed by atoms with Crippen LogP contribution in [-0.2, 0) is 42.3 Å². The van der Waals surface area contributed by atoms with Gasteiger partial charge in [-0.1, -0.05) is 62.5 Å². The first-order valence-corrected chi connectivity index (χ1v) is 35.3. The number of H-pyrrole nitrogens is 2. The number of amides is 2. The van der Waals surface area contributed by atoms with Crippen molar-refractivity contribution in [1.82, 2.24) is 70.7 Å². The van der Waals surface area contributed by atoms with E-state index < -0.39 is 81.0 Å². The van der Waals surface area contributed by atoms with Crippen LogP contribution in [0.2, 0.25) is 0 Å². The smallest absolute Gasteiger partial charge is 0.372 e. The number of nitrogens with zero attached hydrogens (tertiary/aromatic N) is 17. The Balaban J connectivity index is -0.000000199. The topological polar surface area (TPSA) is 599 Å². The number of aromatic nitrogens is 15. The number of nitrogens with one attached hydrogen (secondary N) is 2. The second kappa shape index (κ2) is 62.7. The van der Waals surface area contributed by atoms with E-state index in [1.165, 1.54) is 13.0 Å². The fourth-order valence-corrected chi connectivity index (χ4v) is 8.02. The van der Waals surface area contributed by atoms with Gasteiger partial charge in [-0.05, 0) is 138 Å². The van der Waals surface area contributed by atoms with Gasteiger partial charge in [-0.3, -0.25) is 52.7 Å². The molecule has 550 valence electrons. The highest BCUT2D eigenvalue weighted by Crippen LogP contribution is 2.09. The van der Waals surface area contributed by atoms with E-state index in [9.17, 15) is 71.9 Å². The van der Waals surface area contributed by atoms with E-state index in [0.717, 1.165) is 30.7 Å². The predicted molar refractivity (Wildman–Crippen MR) is 392 cm³/mol. The van der Waals surface area contributed by atoms with Gasteiger partial charge in [0, 0.05) is 32.7 Å². The Hall–Kier alpha value is -10.8. The highest BCUT2D eigenvalue weighted by molar-refractivity contribution is 8.01. The number of allylic oxidation sites excluding steroid dienone is 2. The molecule has 0 fully saturated rings. The molecule has 5 heterocycles. The van der Waals surface area contributed by atoms with Gasteiger partial charge >= 0.3 is 62.9 Å². The van der Waals surface area contributed by atoms with Gasteiger partial charge in [-0.15, -0.1) is 6.42 Å². The van der Waals surface area contributed by atoms with E-state index in [1.54, 1.807) is 91.6 Å². The number of hydrogen-bond acceptors (Lipinski definition) is 26. The number of terminal acetylenes is 1. The Kier molecular flexibility index (Phi) is 64.3. The highest BCUT2D eigenvalue weighted by atomic mass is 32.0. The van der Waals surface area contributed by atoms with E-state index in [4.69, 9.17) is 54.6 Å². The largest absolute Gasteiger partial charge is 0.475 e. The number of carboxylic acid groups (broad SMARTS) is 1. The van der Waals surface area contributed by atoms with Crippen molar-refractivity contribution in [3.05, 3.63) is 146 Å². The standard InChI is InChI=1S/2C9H14N3O2P.C7H10N3O3P.C6H7N3O4.C6H7N3O3.C5H10N2O2.C5H6N2.C5H4.C3H2N2.CH4P2.CH4.H2O2/c2*1-4-6-7-10-8(13)11(5-2)9(14)12(7)15-3;1-3-9-6(12)8-5(4-11)10(14-2)7(9)13;1-2-9-5(12)7-3(4(10)11)8-6(9)13;1-2-9-5(11)7-4(3-10)8-6(9)12;1-2-3(4(6)8)5(7)9;1-2-5(3-6)4-7;1-3-5-4-2;4-2-1-3-5;1-3-2;;1-2/h2*4,6,15H,5H2,1-3H3;4,14H,3H2,1-2H3;2H2,1H3,(H,10,11)(H,7,8,12,13);3H,2H2,1H3,(H,7,8,11,12);3H,2H2,1H3,(H2,6,8)(H2,7,9);5H,2H2,1H3;1H,2H3;1H2;1-2H2;1H4;1-2H/b2*6-4+;;;;;;;;;;. The molecule has 2 amide bonds. The van der Waals surface area contributed by atoms with Crippen molar-refractivity contribution in [2.45, 2.75) is 129 Å². The molecule has 39 nitrogen and oxygen atoms in total. The summed E-state index contributed by atoms with van der Waals surface area (Å²) in [6.45, 7) is 24.1. The van der Waals surface area contributed by atoms with E-state index in [2.05, 4.69) is 62.9 Å². The number of aldehydes is 2. The zero-order chi connectivity index (χ0) is 78.8. The van der Waals surface area contributed by atoms with E-state index in [-0.39, 0.29) is 82.7 Å². The molecule has 0 saturated heterocycles. The number of hydrogen-bond donors (Lipinski definition) is 7. The van der Waals surface area contributed by atoms with Crippen molar-refractivity contribution in [3.63, 3.8) is 0 Å². The molecule has 101 heavy (non-hydrogen) atoms. The van der Waals surface area contributed by atoms with E-state index in [1.807, 2.05) is 51.2 Å². The van der Waals surface area contributed by atoms with Crippen molar-refractivity contribution < 1.29 is 39.6 Å². The van der Waals surface area contributed by atoms with Crippen molar-refractivity contribution in [2.24, 2.45) is 23.3 Å². The Morgan fingerprint density at radius 3 is 1.12 bits per heavy atom. The maximum atomic E-state index is 11.8. The van der Waals surface area contributed by atoms with E-state index >= 15 is 0 Å². The number of nitriles is 4. The number of carbonyl (C=O) groups excluding carboxylic acids is 4. The molecule has 0 aromatic carbocycles. The number of carbonyl (C=O) groups is 5. The second-order valence-corrected chi connectivity index (χ2v) is 20.8. The molecule has 0 aliphatic rings. The molecular formula is C57H84N21O18P5. The predicted octanol–water partition coefficient (Wildman–Crippen LogP) is 0.699. The summed E-state index contributed by atoms with van der Waals surface area (Å²) >= 11 is 0. The summed E-state index contributed by atoms with van der Waals surface area (Å²) in [5.74, 6) is 3.01. The third-order valence-corrected chi connectivity index (χ3v) is 13.2. The average molecular weight is 1510 g/mol. The summed E-state index contributed by atoms with van der Waals surface area (Å²) in [5.41, 5.74) is 4.00. The minimum absolute atomic E-state index is 0. The fraction of sp³-hybridized carbons (Fsp3) is 0.421. The SMILES string of the molecule is C.C#CC#CC.C/C=C/c1nc(=O)n(CC)c(=O)n1PC.C/C=C/c1nc(=O)n(CC)c(=O)n1PC.C=PP.CCC(C#N)C#N.CCC(C(N)=O)C(N)=O.CCn1c(=O)nc(C(=O)O)[nH]c1=O.CCn1c(=O)nc(C=O)[nH]c1=O.CCn1c(=O)nc(C=O)n(PC)c1=O.N#CCC#N.OO. The number of primary amides is 2. The maximum Gasteiger partial charge on any atom is 0.372 e. The van der Waals surface area contributed by atoms with Crippen LogP contribution in [0.5, 0.6) is 0 Å². The zero-order valence-corrected chi connectivity index (χ0v) is 61.9. The highest BCUT2D eigenvalue weighted by Gasteiger charge is 2.18. The van der Waals surface area contributed by atoms with Gasteiger partial charge in [-0.25, -0.2) is 75.6 Å². The van der Waals surface area contributed by atoms with Gasteiger partial charge < -0.3 is 16.6 Å². The summed E-state index contributed by atoms with van der Waals surface area (Å²) in [7, 11) is 4.13. The van der Waals surface area contributed by atoms with Crippen LogP contribution in [0.3, 0.4) is 0 Å². The average Bonchev–Trinajstić information content (AvgIpc) is 0.841. The van der Waals surface area contributed by atoms with Gasteiger partial charge in [0.25, 0.3) is 0 Å². The van der Waals surface area contributed by atoms with Crippen molar-refractivity contribution in [3.8, 4) is 48.5 Å². The van der Waals surface area contributed by atoms with Gasteiger partial charge in [0.1, 0.15) is 29.9 Å². The quantitative estimate of drug-likeness (QED) is 0.0168. The van der Waals surface area contributed by atoms with Gasteiger partial charge in [0.05, 0.1) is 24.3 Å². The lowest BCUT2D eigenvalue weighted by Gasteiger charge is -2.08. The third-order valence-electron chi connectivity index (χ3n) is 10.6. The molecule has 0 aliphatic heterocycles. The first-order chi connectivity index (χ1) is 47.4. The van der Waals surface area contributed by atoms with Crippen LogP contribution >= 0.6 is 43.0 Å². The minimum atomic E-state index is -1.43. The number of nitrogens with two attached hydrogens (primary N) is 2. The molecule has 0 aliphatic carbocycles. The fourth-order valence-electron chi connectivity index (χ4n) is 6.04. The molecule has 4 unspecified atom stereocenters. The zero-order valence-electron chi connectivity index (χ0n) is 56.8. The Morgan fingerprint density at radius 1 is 0.604 bits per heavy atom. The number of carboxylic acids is 1. The van der Waals surface area contributed by atoms with Gasteiger partial charge in [0.2, 0.25) is 17.6 Å². The number of aromatic amines is 2. The van der Waals surface area contributed by atoms with Crippen LogP contribution in [-0.4, -0.2) is 143 Å². The Morgan fingerprint density at radius 2 is 0.931 bits per heavy atom. The van der Waals surface area contributed by atoms with Crippen LogP contribution in [0.1, 0.15) is 139 Å². The van der Waals surface area contributed by atoms with Gasteiger partial charge in [0.15, 0.2) is 24.2 Å². The molecule has 0 radical (unpaired) electrons. The van der Waals surface area contributed by atoms with Crippen LogP contribution in [0.15, 0.2) is 60.1 Å². The van der Waals surface area contributed by atoms with Crippen LogP contribution in [0.4, 0.5) is 0 Å². The lowest BCUT2D eigenvalue weighted by molar-refractivity contribution is -0.176.